The molecule has 3 amide bonds. The Labute approximate surface area is 133 Å². The van der Waals surface area contributed by atoms with E-state index in [4.69, 9.17) is 0 Å². The minimum absolute atomic E-state index is 0.0348. The maximum atomic E-state index is 12.1. The molecule has 1 fully saturated rings. The van der Waals surface area contributed by atoms with Gasteiger partial charge in [0.2, 0.25) is 5.91 Å². The molecule has 0 aliphatic carbocycles. The lowest BCUT2D eigenvalue weighted by Crippen LogP contribution is -2.52. The van der Waals surface area contributed by atoms with E-state index in [1.54, 1.807) is 24.1 Å². The van der Waals surface area contributed by atoms with Gasteiger partial charge in [-0.05, 0) is 18.4 Å². The van der Waals surface area contributed by atoms with Crippen LogP contribution < -0.4 is 10.6 Å². The van der Waals surface area contributed by atoms with Crippen molar-refractivity contribution in [3.8, 4) is 0 Å². The second kappa shape index (κ2) is 6.23. The molecule has 3 N–H and O–H groups in total. The second-order valence-electron chi connectivity index (χ2n) is 6.03. The Morgan fingerprint density at radius 3 is 3.00 bits per heavy atom. The molecule has 1 aliphatic heterocycles. The third-order valence-electron chi connectivity index (χ3n) is 3.94. The number of hydrogen-bond acceptors (Lipinski definition) is 4. The summed E-state index contributed by atoms with van der Waals surface area (Å²) in [6.45, 7) is 4.91. The van der Waals surface area contributed by atoms with Crippen molar-refractivity contribution in [1.29, 1.82) is 0 Å². The predicted octanol–water partition coefficient (Wildman–Crippen LogP) is 1.34. The molecule has 0 saturated carbocycles. The van der Waals surface area contributed by atoms with E-state index in [1.807, 2.05) is 0 Å². The summed E-state index contributed by atoms with van der Waals surface area (Å²) in [5.41, 5.74) is 1.37. The first kappa shape index (κ1) is 15.3. The molecule has 0 radical (unpaired) electrons. The van der Waals surface area contributed by atoms with Gasteiger partial charge >= 0.3 is 6.03 Å². The van der Waals surface area contributed by atoms with Crippen molar-refractivity contribution in [2.45, 2.75) is 26.3 Å². The van der Waals surface area contributed by atoms with Gasteiger partial charge in [0.05, 0.1) is 6.20 Å². The van der Waals surface area contributed by atoms with Crippen molar-refractivity contribution in [1.82, 2.24) is 25.2 Å². The number of likely N-dealkylation sites (tertiary alicyclic amines) is 1. The molecule has 0 aromatic carbocycles. The average Bonchev–Trinajstić information content (AvgIpc) is 2.93. The molecular weight excluding hydrogens is 296 g/mol. The van der Waals surface area contributed by atoms with Crippen molar-refractivity contribution in [3.05, 3.63) is 18.5 Å². The van der Waals surface area contributed by atoms with Crippen molar-refractivity contribution in [2.24, 2.45) is 5.92 Å². The van der Waals surface area contributed by atoms with E-state index < -0.39 is 0 Å². The van der Waals surface area contributed by atoms with Crippen LogP contribution in [-0.4, -0.2) is 50.9 Å². The number of aromatic amines is 1. The van der Waals surface area contributed by atoms with Crippen LogP contribution in [0.25, 0.3) is 11.2 Å². The predicted molar refractivity (Wildman–Crippen MR) is 85.9 cm³/mol. The first-order chi connectivity index (χ1) is 11.0. The number of anilines is 1. The second-order valence-corrected chi connectivity index (χ2v) is 6.03. The van der Waals surface area contributed by atoms with Gasteiger partial charge in [-0.2, -0.15) is 0 Å². The molecule has 3 heterocycles. The van der Waals surface area contributed by atoms with Crippen molar-refractivity contribution in [3.63, 3.8) is 0 Å². The topological polar surface area (TPSA) is 103 Å². The van der Waals surface area contributed by atoms with Crippen molar-refractivity contribution < 1.29 is 9.59 Å². The zero-order valence-electron chi connectivity index (χ0n) is 13.2. The maximum absolute atomic E-state index is 12.1. The molecule has 122 valence electrons. The number of nitrogens with zero attached hydrogens (tertiary/aromatic N) is 3. The highest BCUT2D eigenvalue weighted by Crippen LogP contribution is 2.17. The highest BCUT2D eigenvalue weighted by molar-refractivity contribution is 5.89. The van der Waals surface area contributed by atoms with Crippen LogP contribution in [0.15, 0.2) is 18.5 Å². The number of rotatable bonds is 2. The number of fused-ring (bicyclic) bond motifs is 1. The summed E-state index contributed by atoms with van der Waals surface area (Å²) in [7, 11) is 0. The van der Waals surface area contributed by atoms with Crippen LogP contribution in [0.5, 0.6) is 0 Å². The molecule has 23 heavy (non-hydrogen) atoms. The lowest BCUT2D eigenvalue weighted by Gasteiger charge is -2.36. The highest BCUT2D eigenvalue weighted by atomic mass is 16.2. The quantitative estimate of drug-likeness (QED) is 0.777. The molecule has 2 aromatic rings. The van der Waals surface area contributed by atoms with Crippen LogP contribution in [0, 0.1) is 5.92 Å². The molecule has 2 aromatic heterocycles. The molecular formula is C15H20N6O2. The van der Waals surface area contributed by atoms with E-state index >= 15 is 0 Å². The van der Waals surface area contributed by atoms with Gasteiger partial charge in [-0.25, -0.2) is 14.8 Å². The largest absolute Gasteiger partial charge is 0.345 e. The van der Waals surface area contributed by atoms with Gasteiger partial charge in [0.15, 0.2) is 11.5 Å². The monoisotopic (exact) mass is 316 g/mol. The van der Waals surface area contributed by atoms with Crippen LogP contribution in [0.3, 0.4) is 0 Å². The lowest BCUT2D eigenvalue weighted by atomic mass is 9.96. The number of carbonyl (C=O) groups is 2. The van der Waals surface area contributed by atoms with Crippen molar-refractivity contribution in [2.75, 3.05) is 18.4 Å². The number of hydrogen-bond donors (Lipinski definition) is 3. The van der Waals surface area contributed by atoms with Gasteiger partial charge in [0.25, 0.3) is 0 Å². The molecule has 8 nitrogen and oxygen atoms in total. The number of piperidine rings is 1. The number of urea groups is 1. The Bertz CT molecular complexity index is 728. The highest BCUT2D eigenvalue weighted by Gasteiger charge is 2.27. The van der Waals surface area contributed by atoms with Crippen LogP contribution in [0.4, 0.5) is 10.6 Å². The Morgan fingerprint density at radius 2 is 2.22 bits per heavy atom. The standard InChI is InChI=1S/C15H20N6O2/c1-9-5-11(8-21(7-9)10(2)22)18-15(23)20-13-6-17-14-12(19-13)3-4-16-14/h3-4,6,9,11H,5,7-8H2,1-2H3,(H,16,17)(H2,18,19,20,23)/t9-,11-/m0/s1. The Kier molecular flexibility index (Phi) is 4.14. The van der Waals surface area contributed by atoms with Crippen LogP contribution in [0.2, 0.25) is 0 Å². The number of amides is 3. The summed E-state index contributed by atoms with van der Waals surface area (Å²) in [5, 5.41) is 5.59. The first-order valence-electron chi connectivity index (χ1n) is 7.64. The first-order valence-corrected chi connectivity index (χ1v) is 7.64. The fourth-order valence-corrected chi connectivity index (χ4v) is 2.94. The third kappa shape index (κ3) is 3.58. The molecule has 3 rings (SSSR count). The average molecular weight is 316 g/mol. The Balaban J connectivity index is 1.61. The van der Waals surface area contributed by atoms with Crippen LogP contribution in [-0.2, 0) is 4.79 Å². The van der Waals surface area contributed by atoms with E-state index in [9.17, 15) is 9.59 Å². The van der Waals surface area contributed by atoms with E-state index in [0.29, 0.717) is 29.4 Å². The number of aromatic nitrogens is 3. The van der Waals surface area contributed by atoms with Gasteiger partial charge in [-0.1, -0.05) is 6.92 Å². The molecule has 2 atom stereocenters. The molecule has 8 heteroatoms. The van der Waals surface area contributed by atoms with Gasteiger partial charge in [-0.3, -0.25) is 10.1 Å². The third-order valence-corrected chi connectivity index (χ3v) is 3.94. The summed E-state index contributed by atoms with van der Waals surface area (Å²) < 4.78 is 0. The van der Waals surface area contributed by atoms with E-state index in [1.165, 1.54) is 6.20 Å². The normalized spacial score (nSPS) is 21.2. The maximum Gasteiger partial charge on any atom is 0.320 e. The van der Waals surface area contributed by atoms with E-state index in [0.717, 1.165) is 13.0 Å². The lowest BCUT2D eigenvalue weighted by molar-refractivity contribution is -0.130. The molecule has 0 unspecified atom stereocenters. The summed E-state index contributed by atoms with van der Waals surface area (Å²) >= 11 is 0. The summed E-state index contributed by atoms with van der Waals surface area (Å²) in [4.78, 5) is 36.9. The molecule has 1 aliphatic rings. The van der Waals surface area contributed by atoms with Gasteiger partial charge < -0.3 is 15.2 Å². The Morgan fingerprint density at radius 1 is 1.39 bits per heavy atom. The zero-order valence-corrected chi connectivity index (χ0v) is 13.2. The SMILES string of the molecule is CC(=O)N1C[C@@H](C)C[C@H](NC(=O)Nc2cnc3[nH]ccc3n2)C1. The van der Waals surface area contributed by atoms with E-state index in [2.05, 4.69) is 32.5 Å². The number of nitrogens with one attached hydrogen (secondary N) is 3. The number of carbonyl (C=O) groups excluding carboxylic acids is 2. The zero-order chi connectivity index (χ0) is 16.4. The number of H-pyrrole nitrogens is 1. The Hall–Kier alpha value is -2.64. The van der Waals surface area contributed by atoms with E-state index in [-0.39, 0.29) is 18.0 Å². The molecule has 0 spiro atoms. The summed E-state index contributed by atoms with van der Waals surface area (Å²) in [5.74, 6) is 0.781. The molecule has 0 bridgehead atoms. The minimum atomic E-state index is -0.336. The van der Waals surface area contributed by atoms with Gasteiger partial charge in [0.1, 0.15) is 5.52 Å². The van der Waals surface area contributed by atoms with Crippen LogP contribution >= 0.6 is 0 Å². The summed E-state index contributed by atoms with van der Waals surface area (Å²) in [6.07, 6.45) is 4.10. The fourth-order valence-electron chi connectivity index (χ4n) is 2.94. The summed E-state index contributed by atoms with van der Waals surface area (Å²) in [6, 6.07) is 1.39. The molecule has 1 saturated heterocycles. The minimum Gasteiger partial charge on any atom is -0.345 e. The van der Waals surface area contributed by atoms with Crippen molar-refractivity contribution >= 4 is 28.9 Å². The smallest absolute Gasteiger partial charge is 0.320 e. The van der Waals surface area contributed by atoms with Crippen LogP contribution in [0.1, 0.15) is 20.3 Å². The van der Waals surface area contributed by atoms with Gasteiger partial charge in [-0.15, -0.1) is 0 Å². The fraction of sp³-hybridized carbons (Fsp3) is 0.467. The van der Waals surface area contributed by atoms with Gasteiger partial charge in [0, 0.05) is 32.3 Å².